The van der Waals surface area contributed by atoms with Gasteiger partial charge >= 0.3 is 0 Å². The molecule has 0 spiro atoms. The first-order chi connectivity index (χ1) is 14.6. The molecule has 0 aliphatic carbocycles. The quantitative estimate of drug-likeness (QED) is 0.548. The molecule has 1 aromatic heterocycles. The monoisotopic (exact) mass is 427 g/mol. The normalized spacial score (nSPS) is 20.9. The molecule has 6 nitrogen and oxygen atoms in total. The Morgan fingerprint density at radius 2 is 2.00 bits per heavy atom. The standard InChI is InChI=1S/C23H26ClN3O3/c1-25-20-6-8-21(9-7-20)28-14-22-15-29-23(30-22,16-27-13-12-26-17-27)11-10-18-2-4-19(24)5-3-18/h2-9,12-13,17,22,25H,10-11,14-16H2,1H3/t22-,23+/m1/s1. The zero-order valence-corrected chi connectivity index (χ0v) is 17.7. The van der Waals surface area contributed by atoms with E-state index in [1.807, 2.05) is 66.3 Å². The molecular formula is C23H26ClN3O3. The second-order valence-electron chi connectivity index (χ2n) is 7.41. The van der Waals surface area contributed by atoms with Crippen LogP contribution in [-0.2, 0) is 22.4 Å². The lowest BCUT2D eigenvalue weighted by atomic mass is 10.0. The van der Waals surface area contributed by atoms with E-state index in [9.17, 15) is 0 Å². The third-order valence-corrected chi connectivity index (χ3v) is 5.44. The van der Waals surface area contributed by atoms with Crippen LogP contribution in [0.25, 0.3) is 0 Å². The van der Waals surface area contributed by atoms with Crippen LogP contribution in [0.15, 0.2) is 67.3 Å². The van der Waals surface area contributed by atoms with Gasteiger partial charge in [-0.05, 0) is 48.4 Å². The second-order valence-corrected chi connectivity index (χ2v) is 7.84. The van der Waals surface area contributed by atoms with E-state index >= 15 is 0 Å². The molecule has 1 saturated heterocycles. The van der Waals surface area contributed by atoms with Crippen LogP contribution in [0, 0.1) is 0 Å². The molecule has 1 aliphatic heterocycles. The number of benzene rings is 2. The largest absolute Gasteiger partial charge is 0.491 e. The Balaban J connectivity index is 1.39. The first-order valence-corrected chi connectivity index (χ1v) is 10.4. The Morgan fingerprint density at radius 3 is 2.70 bits per heavy atom. The first kappa shape index (κ1) is 20.7. The van der Waals surface area contributed by atoms with Gasteiger partial charge in [0.15, 0.2) is 5.79 Å². The van der Waals surface area contributed by atoms with Crippen molar-refractivity contribution >= 4 is 17.3 Å². The van der Waals surface area contributed by atoms with Gasteiger partial charge in [-0.15, -0.1) is 0 Å². The smallest absolute Gasteiger partial charge is 0.187 e. The minimum atomic E-state index is -0.718. The molecule has 0 radical (unpaired) electrons. The van der Waals surface area contributed by atoms with E-state index in [1.165, 1.54) is 5.56 Å². The molecule has 4 rings (SSSR count). The van der Waals surface area contributed by atoms with E-state index in [2.05, 4.69) is 10.3 Å². The number of nitrogens with one attached hydrogen (secondary N) is 1. The molecule has 0 amide bonds. The molecule has 2 atom stereocenters. The average molecular weight is 428 g/mol. The fourth-order valence-corrected chi connectivity index (χ4v) is 3.67. The van der Waals surface area contributed by atoms with E-state index in [0.717, 1.165) is 29.3 Å². The second kappa shape index (κ2) is 9.51. The van der Waals surface area contributed by atoms with Crippen molar-refractivity contribution in [3.05, 3.63) is 77.8 Å². The van der Waals surface area contributed by atoms with Gasteiger partial charge in [0.25, 0.3) is 0 Å². The van der Waals surface area contributed by atoms with Gasteiger partial charge in [0, 0.05) is 36.6 Å². The van der Waals surface area contributed by atoms with Crippen LogP contribution in [0.2, 0.25) is 5.02 Å². The fraction of sp³-hybridized carbons (Fsp3) is 0.348. The Labute approximate surface area is 181 Å². The molecular weight excluding hydrogens is 402 g/mol. The predicted octanol–water partition coefficient (Wildman–Crippen LogP) is 4.40. The number of anilines is 1. The maximum atomic E-state index is 6.40. The fourth-order valence-electron chi connectivity index (χ4n) is 3.54. The van der Waals surface area contributed by atoms with Gasteiger partial charge in [0.1, 0.15) is 18.5 Å². The van der Waals surface area contributed by atoms with Crippen molar-refractivity contribution in [2.24, 2.45) is 0 Å². The van der Waals surface area contributed by atoms with Crippen LogP contribution >= 0.6 is 11.6 Å². The maximum absolute atomic E-state index is 6.40. The molecule has 30 heavy (non-hydrogen) atoms. The highest BCUT2D eigenvalue weighted by molar-refractivity contribution is 6.30. The summed E-state index contributed by atoms with van der Waals surface area (Å²) in [7, 11) is 1.89. The van der Waals surface area contributed by atoms with Crippen LogP contribution in [0.1, 0.15) is 12.0 Å². The van der Waals surface area contributed by atoms with E-state index in [4.69, 9.17) is 25.8 Å². The highest BCUT2D eigenvalue weighted by atomic mass is 35.5. The Hall–Kier alpha value is -2.54. The van der Waals surface area contributed by atoms with Gasteiger partial charge in [0.05, 0.1) is 19.5 Å². The first-order valence-electron chi connectivity index (χ1n) is 10.1. The Kier molecular flexibility index (Phi) is 6.57. The molecule has 0 unspecified atom stereocenters. The van der Waals surface area contributed by atoms with Crippen molar-refractivity contribution in [1.29, 1.82) is 0 Å². The number of rotatable bonds is 9. The van der Waals surface area contributed by atoms with Crippen molar-refractivity contribution < 1.29 is 14.2 Å². The zero-order valence-electron chi connectivity index (χ0n) is 17.0. The Morgan fingerprint density at radius 1 is 1.20 bits per heavy atom. The van der Waals surface area contributed by atoms with Crippen LogP contribution in [0.5, 0.6) is 5.75 Å². The highest BCUT2D eigenvalue weighted by Crippen LogP contribution is 2.31. The summed E-state index contributed by atoms with van der Waals surface area (Å²) in [5.74, 6) is 0.0931. The van der Waals surface area contributed by atoms with Gasteiger partial charge < -0.3 is 24.1 Å². The molecule has 2 heterocycles. The number of hydrogen-bond donors (Lipinski definition) is 1. The van der Waals surface area contributed by atoms with E-state index in [0.29, 0.717) is 19.8 Å². The number of aromatic nitrogens is 2. The molecule has 3 aromatic rings. The summed E-state index contributed by atoms with van der Waals surface area (Å²) in [6, 6.07) is 15.8. The number of imidazole rings is 1. The van der Waals surface area contributed by atoms with Crippen molar-refractivity contribution in [1.82, 2.24) is 9.55 Å². The summed E-state index contributed by atoms with van der Waals surface area (Å²) in [4.78, 5) is 4.14. The van der Waals surface area contributed by atoms with E-state index < -0.39 is 5.79 Å². The lowest BCUT2D eigenvalue weighted by Gasteiger charge is -2.28. The number of halogens is 1. The van der Waals surface area contributed by atoms with Crippen molar-refractivity contribution in [2.75, 3.05) is 25.6 Å². The van der Waals surface area contributed by atoms with Crippen LogP contribution in [0.3, 0.4) is 0 Å². The number of hydrogen-bond acceptors (Lipinski definition) is 5. The van der Waals surface area contributed by atoms with Crippen molar-refractivity contribution in [3.63, 3.8) is 0 Å². The molecule has 1 N–H and O–H groups in total. The third-order valence-electron chi connectivity index (χ3n) is 5.18. The topological polar surface area (TPSA) is 57.5 Å². The zero-order chi connectivity index (χ0) is 20.8. The summed E-state index contributed by atoms with van der Waals surface area (Å²) in [6.45, 7) is 1.50. The number of nitrogens with zero attached hydrogens (tertiary/aromatic N) is 2. The maximum Gasteiger partial charge on any atom is 0.187 e. The van der Waals surface area contributed by atoms with E-state index in [1.54, 1.807) is 12.5 Å². The van der Waals surface area contributed by atoms with Gasteiger partial charge in [0.2, 0.25) is 0 Å². The summed E-state index contributed by atoms with van der Waals surface area (Å²) in [6.07, 6.45) is 6.87. The lowest BCUT2D eigenvalue weighted by Crippen LogP contribution is -2.37. The molecule has 7 heteroatoms. The summed E-state index contributed by atoms with van der Waals surface area (Å²) in [5, 5.41) is 3.83. The summed E-state index contributed by atoms with van der Waals surface area (Å²) < 4.78 is 20.5. The van der Waals surface area contributed by atoms with Crippen LogP contribution in [0.4, 0.5) is 5.69 Å². The van der Waals surface area contributed by atoms with Gasteiger partial charge in [-0.1, -0.05) is 23.7 Å². The minimum absolute atomic E-state index is 0.136. The van der Waals surface area contributed by atoms with Crippen LogP contribution in [-0.4, -0.2) is 41.7 Å². The van der Waals surface area contributed by atoms with Crippen molar-refractivity contribution in [2.45, 2.75) is 31.3 Å². The van der Waals surface area contributed by atoms with Gasteiger partial charge in [-0.2, -0.15) is 0 Å². The summed E-state index contributed by atoms with van der Waals surface area (Å²) in [5.41, 5.74) is 2.24. The summed E-state index contributed by atoms with van der Waals surface area (Å²) >= 11 is 6.01. The third kappa shape index (κ3) is 5.33. The van der Waals surface area contributed by atoms with Gasteiger partial charge in [-0.25, -0.2) is 4.98 Å². The predicted molar refractivity (Wildman–Crippen MR) is 117 cm³/mol. The van der Waals surface area contributed by atoms with Crippen LogP contribution < -0.4 is 10.1 Å². The van der Waals surface area contributed by atoms with Gasteiger partial charge in [-0.3, -0.25) is 0 Å². The molecule has 2 aromatic carbocycles. The van der Waals surface area contributed by atoms with Crippen molar-refractivity contribution in [3.8, 4) is 5.75 Å². The number of ether oxygens (including phenoxy) is 3. The highest BCUT2D eigenvalue weighted by Gasteiger charge is 2.42. The lowest BCUT2D eigenvalue weighted by molar-refractivity contribution is -0.184. The molecule has 0 saturated carbocycles. The Bertz CT molecular complexity index is 916. The average Bonchev–Trinajstić information content (AvgIpc) is 3.43. The van der Waals surface area contributed by atoms with E-state index in [-0.39, 0.29) is 6.10 Å². The number of aryl methyl sites for hydroxylation is 1. The molecule has 1 fully saturated rings. The molecule has 1 aliphatic rings. The molecule has 158 valence electrons. The SMILES string of the molecule is CNc1ccc(OC[C@@H]2CO[C@](CCc3ccc(Cl)cc3)(Cn3ccnc3)O2)cc1. The molecule has 0 bridgehead atoms. The minimum Gasteiger partial charge on any atom is -0.491 e.